The van der Waals surface area contributed by atoms with E-state index in [-0.39, 0.29) is 18.3 Å². The first-order chi connectivity index (χ1) is 6.67. The summed E-state index contributed by atoms with van der Waals surface area (Å²) in [7, 11) is 1.65. The molecule has 3 nitrogen and oxygen atoms in total. The van der Waals surface area contributed by atoms with Gasteiger partial charge in [-0.2, -0.15) is 0 Å². The third kappa shape index (κ3) is 3.23. The molecule has 1 aliphatic carbocycles. The van der Waals surface area contributed by atoms with E-state index in [1.165, 1.54) is 0 Å². The summed E-state index contributed by atoms with van der Waals surface area (Å²) in [5.74, 6) is 0.512. The van der Waals surface area contributed by atoms with Gasteiger partial charge in [0.2, 0.25) is 0 Å². The van der Waals surface area contributed by atoms with Crippen molar-refractivity contribution >= 4 is 0 Å². The van der Waals surface area contributed by atoms with E-state index in [9.17, 15) is 10.2 Å². The maximum atomic E-state index is 9.59. The predicted octanol–water partition coefficient (Wildman–Crippen LogP) is 1.32. The molecule has 1 aliphatic rings. The van der Waals surface area contributed by atoms with E-state index in [0.29, 0.717) is 5.92 Å². The fraction of sp³-hybridized carbons (Fsp3) is 1.00. The van der Waals surface area contributed by atoms with Crippen LogP contribution >= 0.6 is 0 Å². The number of ether oxygens (including phenoxy) is 1. The van der Waals surface area contributed by atoms with Gasteiger partial charge in [-0.05, 0) is 38.0 Å². The second-order valence-electron chi connectivity index (χ2n) is 4.32. The molecule has 3 heteroatoms. The number of aliphatic hydroxyl groups excluding tert-OH is 2. The van der Waals surface area contributed by atoms with Crippen LogP contribution in [-0.4, -0.2) is 35.6 Å². The van der Waals surface area contributed by atoms with Crippen molar-refractivity contribution in [2.45, 2.75) is 57.3 Å². The molecule has 14 heavy (non-hydrogen) atoms. The minimum Gasteiger partial charge on any atom is -0.393 e. The number of hydrogen-bond donors (Lipinski definition) is 2. The Kier molecular flexibility index (Phi) is 4.85. The van der Waals surface area contributed by atoms with Gasteiger partial charge in [0.15, 0.2) is 0 Å². The van der Waals surface area contributed by atoms with Gasteiger partial charge in [0, 0.05) is 7.11 Å². The highest BCUT2D eigenvalue weighted by Gasteiger charge is 2.29. The normalized spacial score (nSPS) is 35.6. The molecule has 1 rings (SSSR count). The molecule has 0 aromatic carbocycles. The van der Waals surface area contributed by atoms with E-state index in [2.05, 4.69) is 0 Å². The van der Waals surface area contributed by atoms with Crippen molar-refractivity contribution in [3.63, 3.8) is 0 Å². The zero-order chi connectivity index (χ0) is 10.6. The zero-order valence-corrected chi connectivity index (χ0v) is 9.15. The van der Waals surface area contributed by atoms with Crippen LogP contribution in [0.25, 0.3) is 0 Å². The lowest BCUT2D eigenvalue weighted by Crippen LogP contribution is -2.36. The first-order valence-electron chi connectivity index (χ1n) is 5.56. The lowest BCUT2D eigenvalue weighted by molar-refractivity contribution is -0.0559. The van der Waals surface area contributed by atoms with E-state index < -0.39 is 0 Å². The highest BCUT2D eigenvalue weighted by Crippen LogP contribution is 2.30. The number of aliphatic hydroxyl groups is 2. The molecule has 0 saturated heterocycles. The highest BCUT2D eigenvalue weighted by molar-refractivity contribution is 4.81. The van der Waals surface area contributed by atoms with Gasteiger partial charge in [0.1, 0.15) is 0 Å². The van der Waals surface area contributed by atoms with Crippen molar-refractivity contribution in [1.29, 1.82) is 0 Å². The maximum Gasteiger partial charge on any atom is 0.0832 e. The lowest BCUT2D eigenvalue weighted by Gasteiger charge is -2.33. The Balaban J connectivity index is 2.34. The van der Waals surface area contributed by atoms with Gasteiger partial charge in [-0.1, -0.05) is 6.92 Å². The van der Waals surface area contributed by atoms with Crippen LogP contribution in [0.15, 0.2) is 0 Å². The van der Waals surface area contributed by atoms with Gasteiger partial charge in [-0.15, -0.1) is 0 Å². The van der Waals surface area contributed by atoms with Crippen LogP contribution in [0, 0.1) is 5.92 Å². The molecule has 84 valence electrons. The molecule has 0 radical (unpaired) electrons. The summed E-state index contributed by atoms with van der Waals surface area (Å²) in [5, 5.41) is 19.1. The molecule has 0 heterocycles. The largest absolute Gasteiger partial charge is 0.393 e. The van der Waals surface area contributed by atoms with Crippen molar-refractivity contribution < 1.29 is 14.9 Å². The molecule has 1 fully saturated rings. The van der Waals surface area contributed by atoms with E-state index in [1.54, 1.807) is 7.11 Å². The number of rotatable bonds is 4. The fourth-order valence-corrected chi connectivity index (χ4v) is 2.21. The molecule has 1 saturated carbocycles. The fourth-order valence-electron chi connectivity index (χ4n) is 2.21. The summed E-state index contributed by atoms with van der Waals surface area (Å²) in [6, 6.07) is 0. The van der Waals surface area contributed by atoms with Crippen LogP contribution in [0.3, 0.4) is 0 Å². The predicted molar refractivity (Wildman–Crippen MR) is 55.1 cm³/mol. The molecule has 2 N–H and O–H groups in total. The molecule has 0 spiro atoms. The third-order valence-corrected chi connectivity index (χ3v) is 3.24. The zero-order valence-electron chi connectivity index (χ0n) is 9.15. The molecular formula is C11H22O3. The SMILES string of the molecule is CCC(O)C[C@@H]1CC[C@@H](O)[C@H](OC)C1. The van der Waals surface area contributed by atoms with Crippen LogP contribution in [0.2, 0.25) is 0 Å². The van der Waals surface area contributed by atoms with E-state index in [4.69, 9.17) is 4.74 Å². The van der Waals surface area contributed by atoms with Crippen LogP contribution in [-0.2, 0) is 4.74 Å². The van der Waals surface area contributed by atoms with Crippen LogP contribution < -0.4 is 0 Å². The Labute approximate surface area is 86.1 Å². The first-order valence-corrected chi connectivity index (χ1v) is 5.56. The Morgan fingerprint density at radius 2 is 2.14 bits per heavy atom. The minimum absolute atomic E-state index is 0.0298. The van der Waals surface area contributed by atoms with Gasteiger partial charge in [0.05, 0.1) is 18.3 Å². The quantitative estimate of drug-likeness (QED) is 0.723. The molecule has 1 unspecified atom stereocenters. The summed E-state index contributed by atoms with van der Waals surface area (Å²) < 4.78 is 5.22. The van der Waals surface area contributed by atoms with Gasteiger partial charge < -0.3 is 14.9 Å². The third-order valence-electron chi connectivity index (χ3n) is 3.24. The van der Waals surface area contributed by atoms with E-state index >= 15 is 0 Å². The average Bonchev–Trinajstić information content (AvgIpc) is 2.20. The van der Waals surface area contributed by atoms with Crippen molar-refractivity contribution in [1.82, 2.24) is 0 Å². The molecule has 0 bridgehead atoms. The summed E-state index contributed by atoms with van der Waals surface area (Å²) >= 11 is 0. The Morgan fingerprint density at radius 3 is 2.71 bits per heavy atom. The van der Waals surface area contributed by atoms with Crippen molar-refractivity contribution in [2.75, 3.05) is 7.11 Å². The van der Waals surface area contributed by atoms with Gasteiger partial charge in [-0.25, -0.2) is 0 Å². The van der Waals surface area contributed by atoms with E-state index in [1.807, 2.05) is 6.92 Å². The molecule has 0 aromatic heterocycles. The lowest BCUT2D eigenvalue weighted by atomic mass is 9.82. The Morgan fingerprint density at radius 1 is 1.43 bits per heavy atom. The Bertz CT molecular complexity index is 161. The van der Waals surface area contributed by atoms with Crippen molar-refractivity contribution in [3.8, 4) is 0 Å². The van der Waals surface area contributed by atoms with Crippen LogP contribution in [0.1, 0.15) is 39.0 Å². The van der Waals surface area contributed by atoms with Crippen LogP contribution in [0.5, 0.6) is 0 Å². The Hall–Kier alpha value is -0.120. The second kappa shape index (κ2) is 5.69. The maximum absolute atomic E-state index is 9.59. The van der Waals surface area contributed by atoms with Crippen LogP contribution in [0.4, 0.5) is 0 Å². The molecule has 0 amide bonds. The summed E-state index contributed by atoms with van der Waals surface area (Å²) in [6.07, 6.45) is 3.84. The van der Waals surface area contributed by atoms with Crippen molar-refractivity contribution in [3.05, 3.63) is 0 Å². The molecule has 4 atom stereocenters. The van der Waals surface area contributed by atoms with E-state index in [0.717, 1.165) is 32.1 Å². The van der Waals surface area contributed by atoms with Crippen molar-refractivity contribution in [2.24, 2.45) is 5.92 Å². The molecule has 0 aromatic rings. The van der Waals surface area contributed by atoms with Gasteiger partial charge in [-0.3, -0.25) is 0 Å². The number of methoxy groups -OCH3 is 1. The minimum atomic E-state index is -0.310. The highest BCUT2D eigenvalue weighted by atomic mass is 16.5. The average molecular weight is 202 g/mol. The summed E-state index contributed by atoms with van der Waals surface area (Å²) in [5.41, 5.74) is 0. The monoisotopic (exact) mass is 202 g/mol. The summed E-state index contributed by atoms with van der Waals surface area (Å²) in [4.78, 5) is 0. The second-order valence-corrected chi connectivity index (χ2v) is 4.32. The summed E-state index contributed by atoms with van der Waals surface area (Å²) in [6.45, 7) is 2.00. The van der Waals surface area contributed by atoms with Gasteiger partial charge in [0.25, 0.3) is 0 Å². The number of hydrogen-bond acceptors (Lipinski definition) is 3. The smallest absolute Gasteiger partial charge is 0.0832 e. The molecule has 0 aliphatic heterocycles. The first kappa shape index (κ1) is 12.0. The topological polar surface area (TPSA) is 49.7 Å². The molecular weight excluding hydrogens is 180 g/mol. The van der Waals surface area contributed by atoms with Gasteiger partial charge >= 0.3 is 0 Å². The standard InChI is InChI=1S/C11H22O3/c1-3-9(12)6-8-4-5-10(13)11(7-8)14-2/h8-13H,3-7H2,1-2H3/t8-,9?,10+,11+/m0/s1.